The Bertz CT molecular complexity index is 931. The smallest absolute Gasteiger partial charge is 0.326 e. The minimum Gasteiger partial charge on any atom is -0.460 e. The maximum absolute atomic E-state index is 13.2. The summed E-state index contributed by atoms with van der Waals surface area (Å²) < 4.78 is 5.64. The van der Waals surface area contributed by atoms with Crippen LogP contribution >= 0.6 is 0 Å². The molecule has 2 aromatic rings. The molecule has 0 amide bonds. The van der Waals surface area contributed by atoms with Gasteiger partial charge in [-0.15, -0.1) is 6.42 Å². The molecule has 0 N–H and O–H groups in total. The highest BCUT2D eigenvalue weighted by atomic mass is 16.5. The summed E-state index contributed by atoms with van der Waals surface area (Å²) in [7, 11) is 0. The Morgan fingerprint density at radius 3 is 2.25 bits per heavy atom. The molecule has 1 saturated carbocycles. The summed E-state index contributed by atoms with van der Waals surface area (Å²) in [6, 6.07) is 19.9. The van der Waals surface area contributed by atoms with Gasteiger partial charge in [0.2, 0.25) is 0 Å². The maximum Gasteiger partial charge on any atom is 0.326 e. The average Bonchev–Trinajstić information content (AvgIpc) is 3.17. The molecule has 0 bridgehead atoms. The lowest BCUT2D eigenvalue weighted by molar-refractivity contribution is -0.148. The van der Waals surface area contributed by atoms with Crippen LogP contribution in [0.15, 0.2) is 78.9 Å². The first kappa shape index (κ1) is 19.7. The van der Waals surface area contributed by atoms with Crippen LogP contribution in [0.4, 0.5) is 0 Å². The lowest BCUT2D eigenvalue weighted by Crippen LogP contribution is -2.27. The molecule has 2 unspecified atom stereocenters. The second kappa shape index (κ2) is 7.52. The van der Waals surface area contributed by atoms with Gasteiger partial charge >= 0.3 is 5.97 Å². The minimum atomic E-state index is -1.03. The highest BCUT2D eigenvalue weighted by Crippen LogP contribution is 2.79. The normalized spacial score (nSPS) is 25.5. The molecular formula is C26H26O2. The third-order valence-corrected chi connectivity index (χ3v) is 6.04. The first-order valence-electron chi connectivity index (χ1n) is 9.54. The molecule has 1 aliphatic carbocycles. The minimum absolute atomic E-state index is 0.188. The molecule has 0 aromatic heterocycles. The number of rotatable bonds is 6. The molecule has 0 aliphatic heterocycles. The standard InChI is InChI=1S/C26H26O2/c1-5-19-26(22-17-11-8-12-18-22)24(3,4)25(26,6-2)23(27)28-20-13-16-21-14-9-7-10-15-21/h2,5,7-19H,20H2,1,3-4H3. The van der Waals surface area contributed by atoms with E-state index in [4.69, 9.17) is 11.2 Å². The van der Waals surface area contributed by atoms with Crippen LogP contribution < -0.4 is 0 Å². The first-order chi connectivity index (χ1) is 13.5. The fourth-order valence-corrected chi connectivity index (χ4v) is 4.62. The summed E-state index contributed by atoms with van der Waals surface area (Å²) in [5.41, 5.74) is 0.0276. The van der Waals surface area contributed by atoms with E-state index in [2.05, 4.69) is 12.0 Å². The SMILES string of the molecule is C#CC1(C(=O)OCC=Cc2ccccc2)C(C)(C)C1(C=CC)c1ccccc1. The van der Waals surface area contributed by atoms with Crippen molar-refractivity contribution in [3.05, 3.63) is 90.0 Å². The van der Waals surface area contributed by atoms with E-state index in [9.17, 15) is 4.79 Å². The van der Waals surface area contributed by atoms with Crippen LogP contribution in [0.25, 0.3) is 6.08 Å². The van der Waals surface area contributed by atoms with Crippen LogP contribution in [0.1, 0.15) is 31.9 Å². The zero-order chi connectivity index (χ0) is 20.3. The Hall–Kier alpha value is -3.05. The summed E-state index contributed by atoms with van der Waals surface area (Å²) in [6.45, 7) is 6.23. The van der Waals surface area contributed by atoms with Crippen molar-refractivity contribution >= 4 is 12.0 Å². The molecule has 3 rings (SSSR count). The van der Waals surface area contributed by atoms with Gasteiger partial charge in [-0.25, -0.2) is 0 Å². The number of carbonyl (C=O) groups excluding carboxylic acids is 1. The number of ether oxygens (including phenoxy) is 1. The van der Waals surface area contributed by atoms with Crippen molar-refractivity contribution in [3.63, 3.8) is 0 Å². The molecule has 28 heavy (non-hydrogen) atoms. The Kier molecular flexibility index (Phi) is 5.29. The molecule has 1 aliphatic rings. The second-order valence-corrected chi connectivity index (χ2v) is 7.60. The van der Waals surface area contributed by atoms with Crippen LogP contribution in [-0.4, -0.2) is 12.6 Å². The Labute approximate surface area is 167 Å². The van der Waals surface area contributed by atoms with E-state index < -0.39 is 16.2 Å². The first-order valence-corrected chi connectivity index (χ1v) is 9.54. The summed E-state index contributed by atoms with van der Waals surface area (Å²) in [4.78, 5) is 13.2. The fourth-order valence-electron chi connectivity index (χ4n) is 4.62. The van der Waals surface area contributed by atoms with Crippen molar-refractivity contribution in [2.45, 2.75) is 26.2 Å². The topological polar surface area (TPSA) is 26.3 Å². The highest BCUT2D eigenvalue weighted by molar-refractivity contribution is 5.92. The van der Waals surface area contributed by atoms with E-state index in [1.807, 2.05) is 99.7 Å². The van der Waals surface area contributed by atoms with E-state index in [0.29, 0.717) is 0 Å². The molecule has 0 saturated heterocycles. The van der Waals surface area contributed by atoms with Gasteiger partial charge in [0.1, 0.15) is 12.0 Å². The number of allylic oxidation sites excluding steroid dienone is 2. The monoisotopic (exact) mass is 370 g/mol. The van der Waals surface area contributed by atoms with Crippen LogP contribution in [0.5, 0.6) is 0 Å². The summed E-state index contributed by atoms with van der Waals surface area (Å²) in [6.07, 6.45) is 13.8. The van der Waals surface area contributed by atoms with E-state index in [0.717, 1.165) is 11.1 Å². The second-order valence-electron chi connectivity index (χ2n) is 7.60. The van der Waals surface area contributed by atoms with Crippen molar-refractivity contribution in [3.8, 4) is 12.3 Å². The molecule has 0 radical (unpaired) electrons. The van der Waals surface area contributed by atoms with Gasteiger partial charge in [0.15, 0.2) is 0 Å². The summed E-state index contributed by atoms with van der Waals surface area (Å²) >= 11 is 0. The molecule has 2 aromatic carbocycles. The Morgan fingerprint density at radius 1 is 1.07 bits per heavy atom. The molecule has 0 spiro atoms. The van der Waals surface area contributed by atoms with Gasteiger partial charge in [-0.2, -0.15) is 0 Å². The predicted octanol–water partition coefficient (Wildman–Crippen LogP) is 5.42. The quantitative estimate of drug-likeness (QED) is 0.386. The number of esters is 1. The van der Waals surface area contributed by atoms with Crippen molar-refractivity contribution in [1.82, 2.24) is 0 Å². The molecule has 142 valence electrons. The zero-order valence-electron chi connectivity index (χ0n) is 16.7. The van der Waals surface area contributed by atoms with Crippen LogP contribution in [0.2, 0.25) is 0 Å². The molecular weight excluding hydrogens is 344 g/mol. The third kappa shape index (κ3) is 2.70. The van der Waals surface area contributed by atoms with Gasteiger partial charge in [-0.1, -0.05) is 98.7 Å². The lowest BCUT2D eigenvalue weighted by Gasteiger charge is -2.18. The predicted molar refractivity (Wildman–Crippen MR) is 114 cm³/mol. The number of carbonyl (C=O) groups is 1. The van der Waals surface area contributed by atoms with E-state index in [1.165, 1.54) is 0 Å². The van der Waals surface area contributed by atoms with E-state index >= 15 is 0 Å². The third-order valence-electron chi connectivity index (χ3n) is 6.04. The number of terminal acetylenes is 1. The van der Waals surface area contributed by atoms with Gasteiger partial charge in [0.25, 0.3) is 0 Å². The molecule has 1 fully saturated rings. The molecule has 0 heterocycles. The van der Waals surface area contributed by atoms with Crippen molar-refractivity contribution in [1.29, 1.82) is 0 Å². The lowest BCUT2D eigenvalue weighted by atomic mass is 9.85. The molecule has 2 nitrogen and oxygen atoms in total. The van der Waals surface area contributed by atoms with Crippen molar-refractivity contribution in [2.75, 3.05) is 6.61 Å². The van der Waals surface area contributed by atoms with Gasteiger partial charge in [0.05, 0.1) is 0 Å². The maximum atomic E-state index is 13.2. The van der Waals surface area contributed by atoms with Gasteiger partial charge < -0.3 is 4.74 Å². The molecule has 2 atom stereocenters. The van der Waals surface area contributed by atoms with E-state index in [-0.39, 0.29) is 12.6 Å². The average molecular weight is 370 g/mol. The number of hydrogen-bond donors (Lipinski definition) is 0. The number of benzene rings is 2. The Balaban J connectivity index is 1.86. The summed E-state index contributed by atoms with van der Waals surface area (Å²) in [5.74, 6) is 2.48. The van der Waals surface area contributed by atoms with Crippen LogP contribution in [0, 0.1) is 23.2 Å². The van der Waals surface area contributed by atoms with Gasteiger partial charge in [-0.3, -0.25) is 4.79 Å². The van der Waals surface area contributed by atoms with Crippen LogP contribution in [-0.2, 0) is 14.9 Å². The van der Waals surface area contributed by atoms with Crippen molar-refractivity contribution in [2.24, 2.45) is 10.8 Å². The van der Waals surface area contributed by atoms with Crippen molar-refractivity contribution < 1.29 is 9.53 Å². The largest absolute Gasteiger partial charge is 0.460 e. The van der Waals surface area contributed by atoms with Gasteiger partial charge in [-0.05, 0) is 24.1 Å². The van der Waals surface area contributed by atoms with Crippen LogP contribution in [0.3, 0.4) is 0 Å². The zero-order valence-corrected chi connectivity index (χ0v) is 16.7. The van der Waals surface area contributed by atoms with Gasteiger partial charge in [0, 0.05) is 10.8 Å². The van der Waals surface area contributed by atoms with E-state index in [1.54, 1.807) is 0 Å². The summed E-state index contributed by atoms with van der Waals surface area (Å²) in [5, 5.41) is 0. The number of hydrogen-bond acceptors (Lipinski definition) is 2. The highest BCUT2D eigenvalue weighted by Gasteiger charge is 2.85. The molecule has 2 heteroatoms. The fraction of sp³-hybridized carbons (Fsp3) is 0.269. The Morgan fingerprint density at radius 2 is 1.68 bits per heavy atom.